The Bertz CT molecular complexity index is 552. The summed E-state index contributed by atoms with van der Waals surface area (Å²) in [5.74, 6) is 0.904. The molecule has 2 rings (SSSR count). The second-order valence-electron chi connectivity index (χ2n) is 4.84. The molecule has 1 heterocycles. The fraction of sp³-hybridized carbons (Fsp3) is 0.467. The van der Waals surface area contributed by atoms with Crippen molar-refractivity contribution in [2.24, 2.45) is 0 Å². The maximum absolute atomic E-state index is 8.92. The van der Waals surface area contributed by atoms with Crippen molar-refractivity contribution in [3.05, 3.63) is 41.2 Å². The van der Waals surface area contributed by atoms with E-state index in [4.69, 9.17) is 9.84 Å². The first kappa shape index (κ1) is 14.5. The highest BCUT2D eigenvalue weighted by Gasteiger charge is 2.07. The number of benzene rings is 1. The standard InChI is InChI=1S/C15H21N3O2/c1-12-5-3-6-14(11-12)20-10-4-8-18-13(2)15(7-9-19)16-17-18/h3,5-6,11,19H,4,7-10H2,1-2H3. The molecule has 0 aliphatic heterocycles. The van der Waals surface area contributed by atoms with Gasteiger partial charge in [0.05, 0.1) is 18.0 Å². The number of aryl methyl sites for hydroxylation is 2. The van der Waals surface area contributed by atoms with Crippen molar-refractivity contribution in [2.75, 3.05) is 13.2 Å². The van der Waals surface area contributed by atoms with Crippen LogP contribution in [-0.2, 0) is 13.0 Å². The first-order valence-electron chi connectivity index (χ1n) is 6.90. The van der Waals surface area contributed by atoms with Gasteiger partial charge in [-0.3, -0.25) is 0 Å². The summed E-state index contributed by atoms with van der Waals surface area (Å²) in [6, 6.07) is 8.04. The molecule has 0 saturated heterocycles. The van der Waals surface area contributed by atoms with Gasteiger partial charge in [0.1, 0.15) is 5.75 Å². The molecule has 0 aliphatic rings. The van der Waals surface area contributed by atoms with Gasteiger partial charge in [0.2, 0.25) is 0 Å². The zero-order valence-electron chi connectivity index (χ0n) is 12.0. The predicted octanol–water partition coefficient (Wildman–Crippen LogP) is 1.90. The molecule has 108 valence electrons. The summed E-state index contributed by atoms with van der Waals surface area (Å²) >= 11 is 0. The lowest BCUT2D eigenvalue weighted by Crippen LogP contribution is -2.07. The molecule has 1 aromatic heterocycles. The van der Waals surface area contributed by atoms with Crippen LogP contribution in [0.3, 0.4) is 0 Å². The number of hydrogen-bond acceptors (Lipinski definition) is 4. The van der Waals surface area contributed by atoms with Gasteiger partial charge in [-0.25, -0.2) is 4.68 Å². The van der Waals surface area contributed by atoms with Gasteiger partial charge in [-0.15, -0.1) is 5.10 Å². The second-order valence-corrected chi connectivity index (χ2v) is 4.84. The normalized spacial score (nSPS) is 10.8. The van der Waals surface area contributed by atoms with Crippen LogP contribution in [0.15, 0.2) is 24.3 Å². The topological polar surface area (TPSA) is 60.2 Å². The molecule has 20 heavy (non-hydrogen) atoms. The highest BCUT2D eigenvalue weighted by Crippen LogP contribution is 2.12. The minimum Gasteiger partial charge on any atom is -0.494 e. The summed E-state index contributed by atoms with van der Waals surface area (Å²) in [6.45, 7) is 5.56. The average molecular weight is 275 g/mol. The van der Waals surface area contributed by atoms with E-state index in [1.165, 1.54) is 5.56 Å². The van der Waals surface area contributed by atoms with Gasteiger partial charge in [0, 0.05) is 26.0 Å². The number of aromatic nitrogens is 3. The van der Waals surface area contributed by atoms with Crippen LogP contribution in [0.4, 0.5) is 0 Å². The molecule has 5 nitrogen and oxygen atoms in total. The van der Waals surface area contributed by atoms with Crippen molar-refractivity contribution in [2.45, 2.75) is 33.2 Å². The maximum Gasteiger partial charge on any atom is 0.119 e. The molecule has 1 aromatic carbocycles. The Morgan fingerprint density at radius 2 is 2.15 bits per heavy atom. The highest BCUT2D eigenvalue weighted by atomic mass is 16.5. The maximum atomic E-state index is 8.92. The summed E-state index contributed by atoms with van der Waals surface area (Å²) in [5.41, 5.74) is 3.09. The molecule has 0 unspecified atom stereocenters. The van der Waals surface area contributed by atoms with Crippen LogP contribution in [0.25, 0.3) is 0 Å². The Kier molecular flexibility index (Phi) is 5.12. The molecule has 0 spiro atoms. The van der Waals surface area contributed by atoms with Crippen LogP contribution in [0, 0.1) is 13.8 Å². The van der Waals surface area contributed by atoms with Crippen molar-refractivity contribution in [1.82, 2.24) is 15.0 Å². The molecule has 0 amide bonds. The number of rotatable bonds is 7. The molecule has 0 fully saturated rings. The van der Waals surface area contributed by atoms with Crippen molar-refractivity contribution < 1.29 is 9.84 Å². The molecule has 0 radical (unpaired) electrons. The molecule has 1 N–H and O–H groups in total. The summed E-state index contributed by atoms with van der Waals surface area (Å²) in [6.07, 6.45) is 1.43. The van der Waals surface area contributed by atoms with Gasteiger partial charge in [0.25, 0.3) is 0 Å². The van der Waals surface area contributed by atoms with Gasteiger partial charge < -0.3 is 9.84 Å². The van der Waals surface area contributed by atoms with Crippen molar-refractivity contribution in [3.63, 3.8) is 0 Å². The third-order valence-electron chi connectivity index (χ3n) is 3.20. The lowest BCUT2D eigenvalue weighted by molar-refractivity contribution is 0.296. The third kappa shape index (κ3) is 3.81. The molecule has 5 heteroatoms. The monoisotopic (exact) mass is 275 g/mol. The Morgan fingerprint density at radius 3 is 2.90 bits per heavy atom. The van der Waals surface area contributed by atoms with E-state index in [9.17, 15) is 0 Å². The summed E-state index contributed by atoms with van der Waals surface area (Å²) < 4.78 is 7.57. The number of hydrogen-bond donors (Lipinski definition) is 1. The van der Waals surface area contributed by atoms with Gasteiger partial charge in [-0.1, -0.05) is 17.3 Å². The minimum absolute atomic E-state index is 0.107. The summed E-state index contributed by atoms with van der Waals surface area (Å²) in [4.78, 5) is 0. The lowest BCUT2D eigenvalue weighted by Gasteiger charge is -2.07. The van der Waals surface area contributed by atoms with E-state index >= 15 is 0 Å². The Balaban J connectivity index is 1.78. The minimum atomic E-state index is 0.107. The summed E-state index contributed by atoms with van der Waals surface area (Å²) in [5, 5.41) is 17.1. The van der Waals surface area contributed by atoms with Gasteiger partial charge in [-0.2, -0.15) is 0 Å². The fourth-order valence-corrected chi connectivity index (χ4v) is 2.06. The average Bonchev–Trinajstić information content (AvgIpc) is 2.77. The molecule has 0 atom stereocenters. The second kappa shape index (κ2) is 7.05. The number of nitrogens with zero attached hydrogens (tertiary/aromatic N) is 3. The molecule has 0 aliphatic carbocycles. The number of aliphatic hydroxyl groups excluding tert-OH is 1. The molecule has 0 saturated carbocycles. The Labute approximate surface area is 119 Å². The first-order valence-corrected chi connectivity index (χ1v) is 6.90. The zero-order valence-corrected chi connectivity index (χ0v) is 12.0. The van der Waals surface area contributed by atoms with Crippen LogP contribution >= 0.6 is 0 Å². The van der Waals surface area contributed by atoms with E-state index in [1.54, 1.807) is 0 Å². The zero-order chi connectivity index (χ0) is 14.4. The Hall–Kier alpha value is -1.88. The first-order chi connectivity index (χ1) is 9.70. The smallest absolute Gasteiger partial charge is 0.119 e. The van der Waals surface area contributed by atoms with Gasteiger partial charge in [-0.05, 0) is 31.5 Å². The van der Waals surface area contributed by atoms with Crippen LogP contribution in [-0.4, -0.2) is 33.3 Å². The third-order valence-corrected chi connectivity index (χ3v) is 3.20. The van der Waals surface area contributed by atoms with Crippen LogP contribution in [0.2, 0.25) is 0 Å². The number of aliphatic hydroxyl groups is 1. The molecular weight excluding hydrogens is 254 g/mol. The van der Waals surface area contributed by atoms with E-state index in [-0.39, 0.29) is 6.61 Å². The Morgan fingerprint density at radius 1 is 1.30 bits per heavy atom. The molecular formula is C15H21N3O2. The van der Waals surface area contributed by atoms with Crippen molar-refractivity contribution in [1.29, 1.82) is 0 Å². The highest BCUT2D eigenvalue weighted by molar-refractivity contribution is 5.27. The molecule has 0 bridgehead atoms. The van der Waals surface area contributed by atoms with Crippen LogP contribution in [0.5, 0.6) is 5.75 Å². The summed E-state index contributed by atoms with van der Waals surface area (Å²) in [7, 11) is 0. The SMILES string of the molecule is Cc1cccc(OCCCn2nnc(CCO)c2C)c1. The van der Waals surface area contributed by atoms with Gasteiger partial charge in [0.15, 0.2) is 0 Å². The van der Waals surface area contributed by atoms with Gasteiger partial charge >= 0.3 is 0 Å². The largest absolute Gasteiger partial charge is 0.494 e. The predicted molar refractivity (Wildman–Crippen MR) is 76.8 cm³/mol. The van der Waals surface area contributed by atoms with Crippen LogP contribution < -0.4 is 4.74 Å². The lowest BCUT2D eigenvalue weighted by atomic mass is 10.2. The fourth-order valence-electron chi connectivity index (χ4n) is 2.06. The van der Waals surface area contributed by atoms with E-state index in [0.29, 0.717) is 13.0 Å². The molecule has 2 aromatic rings. The van der Waals surface area contributed by atoms with E-state index in [1.807, 2.05) is 42.8 Å². The van der Waals surface area contributed by atoms with Crippen molar-refractivity contribution in [3.8, 4) is 5.75 Å². The van der Waals surface area contributed by atoms with E-state index < -0.39 is 0 Å². The number of ether oxygens (including phenoxy) is 1. The van der Waals surface area contributed by atoms with Crippen LogP contribution in [0.1, 0.15) is 23.4 Å². The van der Waals surface area contributed by atoms with E-state index in [0.717, 1.165) is 30.1 Å². The van der Waals surface area contributed by atoms with E-state index in [2.05, 4.69) is 10.3 Å². The van der Waals surface area contributed by atoms with Crippen molar-refractivity contribution >= 4 is 0 Å². The quantitative estimate of drug-likeness (QED) is 0.784.